The van der Waals surface area contributed by atoms with Crippen molar-refractivity contribution >= 4 is 5.78 Å². The lowest BCUT2D eigenvalue weighted by molar-refractivity contribution is -0.124. The van der Waals surface area contributed by atoms with Gasteiger partial charge in [0.1, 0.15) is 0 Å². The van der Waals surface area contributed by atoms with Gasteiger partial charge in [-0.05, 0) is 84.5 Å². The van der Waals surface area contributed by atoms with E-state index in [4.69, 9.17) is 0 Å². The summed E-state index contributed by atoms with van der Waals surface area (Å²) in [6.07, 6.45) is 7.86. The summed E-state index contributed by atoms with van der Waals surface area (Å²) >= 11 is 0. The Balaban J connectivity index is 1.59. The first-order valence-corrected chi connectivity index (χ1v) is 9.48. The van der Waals surface area contributed by atoms with E-state index >= 15 is 0 Å². The number of rotatable bonds is 0. The molecule has 4 saturated carbocycles. The van der Waals surface area contributed by atoms with Crippen molar-refractivity contribution in [2.45, 2.75) is 71.3 Å². The van der Waals surface area contributed by atoms with Crippen LogP contribution in [0.3, 0.4) is 0 Å². The van der Waals surface area contributed by atoms with Crippen molar-refractivity contribution in [2.24, 2.45) is 34.0 Å². The molecule has 0 saturated heterocycles. The Bertz CT molecular complexity index is 637. The van der Waals surface area contributed by atoms with Crippen LogP contribution in [-0.2, 0) is 4.79 Å². The summed E-state index contributed by atoms with van der Waals surface area (Å²) in [5.41, 5.74) is 1.55. The van der Waals surface area contributed by atoms with Crippen molar-refractivity contribution in [3.05, 3.63) is 11.3 Å². The molecule has 4 fully saturated rings. The Kier molecular flexibility index (Phi) is 2.55. The smallest absolute Gasteiger partial charge is 0.197 e. The van der Waals surface area contributed by atoms with Crippen LogP contribution in [0.25, 0.3) is 0 Å². The lowest BCUT2D eigenvalue weighted by atomic mass is 9.45. The standard InChI is InChI=1S/C20H28O3/c1-18-7-6-15(21)17(23)14(18)4-3-13-12(18)5-8-19(2)16(22)9-11-10-20(11,13)19/h11-13,16,22-23H,3-10H2,1-2H3/t11-,12?,13?,16-,18-,19-,20+/m1/s1. The highest BCUT2D eigenvalue weighted by atomic mass is 16.3. The van der Waals surface area contributed by atoms with Gasteiger partial charge in [0.2, 0.25) is 0 Å². The summed E-state index contributed by atoms with van der Waals surface area (Å²) in [7, 11) is 0. The van der Waals surface area contributed by atoms with Gasteiger partial charge in [-0.1, -0.05) is 13.8 Å². The van der Waals surface area contributed by atoms with E-state index in [-0.39, 0.29) is 28.5 Å². The molecule has 5 rings (SSSR count). The van der Waals surface area contributed by atoms with E-state index in [1.807, 2.05) is 0 Å². The molecule has 2 unspecified atom stereocenters. The summed E-state index contributed by atoms with van der Waals surface area (Å²) in [5, 5.41) is 21.0. The molecular formula is C20H28O3. The number of carbonyl (C=O) groups is 1. The van der Waals surface area contributed by atoms with Crippen LogP contribution < -0.4 is 0 Å². The first-order chi connectivity index (χ1) is 10.8. The van der Waals surface area contributed by atoms with E-state index in [0.29, 0.717) is 23.7 Å². The number of Topliss-reactive ketones (excluding diaryl/α,β-unsaturated/α-hetero) is 1. The molecule has 0 heterocycles. The Morgan fingerprint density at radius 3 is 2.65 bits per heavy atom. The Morgan fingerprint density at radius 2 is 1.87 bits per heavy atom. The zero-order valence-electron chi connectivity index (χ0n) is 14.3. The fourth-order valence-electron chi connectivity index (χ4n) is 7.89. The Morgan fingerprint density at radius 1 is 1.09 bits per heavy atom. The van der Waals surface area contributed by atoms with Crippen LogP contribution in [0, 0.1) is 34.0 Å². The van der Waals surface area contributed by atoms with Gasteiger partial charge in [0.25, 0.3) is 0 Å². The average Bonchev–Trinajstić information content (AvgIpc) is 3.17. The molecule has 0 aromatic heterocycles. The summed E-state index contributed by atoms with van der Waals surface area (Å²) in [6.45, 7) is 4.65. The van der Waals surface area contributed by atoms with E-state index in [2.05, 4.69) is 13.8 Å². The highest BCUT2D eigenvalue weighted by molar-refractivity contribution is 5.95. The number of carbonyl (C=O) groups excluding carboxylic acids is 1. The summed E-state index contributed by atoms with van der Waals surface area (Å²) in [4.78, 5) is 12.0. The van der Waals surface area contributed by atoms with Gasteiger partial charge in [0, 0.05) is 6.42 Å². The summed E-state index contributed by atoms with van der Waals surface area (Å²) < 4.78 is 0. The molecule has 0 aromatic carbocycles. The molecule has 0 aromatic rings. The monoisotopic (exact) mass is 316 g/mol. The third-order valence-electron chi connectivity index (χ3n) is 9.22. The van der Waals surface area contributed by atoms with Gasteiger partial charge in [-0.15, -0.1) is 0 Å². The Labute approximate surface area is 138 Å². The molecule has 1 spiro atoms. The van der Waals surface area contributed by atoms with E-state index in [1.165, 1.54) is 6.42 Å². The van der Waals surface area contributed by atoms with Crippen molar-refractivity contribution in [3.63, 3.8) is 0 Å². The quantitative estimate of drug-likeness (QED) is 0.715. The van der Waals surface area contributed by atoms with Crippen LogP contribution in [-0.4, -0.2) is 22.1 Å². The first-order valence-electron chi connectivity index (χ1n) is 9.48. The zero-order chi connectivity index (χ0) is 16.2. The van der Waals surface area contributed by atoms with Crippen molar-refractivity contribution < 1.29 is 15.0 Å². The maximum Gasteiger partial charge on any atom is 0.197 e. The van der Waals surface area contributed by atoms with Gasteiger partial charge in [-0.2, -0.15) is 0 Å². The maximum absolute atomic E-state index is 12.0. The minimum absolute atomic E-state index is 0.0116. The lowest BCUT2D eigenvalue weighted by Crippen LogP contribution is -2.54. The summed E-state index contributed by atoms with van der Waals surface area (Å²) in [5.74, 6) is 2.04. The fourth-order valence-corrected chi connectivity index (χ4v) is 7.89. The number of fused-ring (bicyclic) bond motifs is 3. The van der Waals surface area contributed by atoms with Crippen LogP contribution in [0.1, 0.15) is 65.2 Å². The van der Waals surface area contributed by atoms with Gasteiger partial charge in [0.15, 0.2) is 11.5 Å². The largest absolute Gasteiger partial charge is 0.504 e. The van der Waals surface area contributed by atoms with Gasteiger partial charge in [-0.25, -0.2) is 0 Å². The number of aliphatic hydroxyl groups is 2. The van der Waals surface area contributed by atoms with Crippen LogP contribution in [0.2, 0.25) is 0 Å². The number of hydrogen-bond acceptors (Lipinski definition) is 3. The van der Waals surface area contributed by atoms with Gasteiger partial charge < -0.3 is 10.2 Å². The van der Waals surface area contributed by atoms with Crippen molar-refractivity contribution in [2.75, 3.05) is 0 Å². The number of hydrogen-bond donors (Lipinski definition) is 2. The second-order valence-electron chi connectivity index (χ2n) is 9.57. The van der Waals surface area contributed by atoms with Crippen LogP contribution in [0.15, 0.2) is 11.3 Å². The molecule has 0 aliphatic heterocycles. The SMILES string of the molecule is C[C@]12CCC(=O)C(O)=C1CCC1C2CC[C@]2(C)[C@H](O)C[C@@H]3C[C@@]132. The van der Waals surface area contributed by atoms with Crippen LogP contribution in [0.4, 0.5) is 0 Å². The molecular weight excluding hydrogens is 288 g/mol. The second kappa shape index (κ2) is 4.04. The fraction of sp³-hybridized carbons (Fsp3) is 0.850. The van der Waals surface area contributed by atoms with Gasteiger partial charge in [0.05, 0.1) is 6.10 Å². The maximum atomic E-state index is 12.0. The highest BCUT2D eigenvalue weighted by Gasteiger charge is 2.77. The predicted molar refractivity (Wildman–Crippen MR) is 86.7 cm³/mol. The highest BCUT2D eigenvalue weighted by Crippen LogP contribution is 2.82. The first kappa shape index (κ1) is 14.5. The molecule has 7 atom stereocenters. The van der Waals surface area contributed by atoms with E-state index in [1.54, 1.807) is 0 Å². The minimum Gasteiger partial charge on any atom is -0.504 e. The molecule has 3 heteroatoms. The number of ketones is 1. The molecule has 0 radical (unpaired) electrons. The molecule has 23 heavy (non-hydrogen) atoms. The number of allylic oxidation sites excluding steroid dienone is 1. The van der Waals surface area contributed by atoms with E-state index < -0.39 is 0 Å². The molecule has 3 nitrogen and oxygen atoms in total. The van der Waals surface area contributed by atoms with E-state index in [9.17, 15) is 15.0 Å². The Hall–Kier alpha value is -0.830. The van der Waals surface area contributed by atoms with E-state index in [0.717, 1.165) is 50.0 Å². The van der Waals surface area contributed by atoms with Gasteiger partial charge in [-0.3, -0.25) is 4.79 Å². The minimum atomic E-state index is -0.117. The topological polar surface area (TPSA) is 57.5 Å². The second-order valence-corrected chi connectivity index (χ2v) is 9.57. The van der Waals surface area contributed by atoms with Crippen LogP contribution in [0.5, 0.6) is 0 Å². The third kappa shape index (κ3) is 1.41. The normalized spacial score (nSPS) is 57.4. The molecule has 0 amide bonds. The summed E-state index contributed by atoms with van der Waals surface area (Å²) in [6, 6.07) is 0. The average molecular weight is 316 g/mol. The molecule has 0 bridgehead atoms. The van der Waals surface area contributed by atoms with Crippen LogP contribution >= 0.6 is 0 Å². The van der Waals surface area contributed by atoms with Crippen molar-refractivity contribution in [1.29, 1.82) is 0 Å². The third-order valence-corrected chi connectivity index (χ3v) is 9.22. The van der Waals surface area contributed by atoms with Crippen molar-refractivity contribution in [3.8, 4) is 0 Å². The predicted octanol–water partition coefficient (Wildman–Crippen LogP) is 3.76. The zero-order valence-corrected chi connectivity index (χ0v) is 14.3. The molecule has 5 aliphatic rings. The molecule has 2 N–H and O–H groups in total. The van der Waals surface area contributed by atoms with Crippen molar-refractivity contribution in [1.82, 2.24) is 0 Å². The number of aliphatic hydroxyl groups excluding tert-OH is 2. The molecule has 126 valence electrons. The molecule has 5 aliphatic carbocycles. The lowest BCUT2D eigenvalue weighted by Gasteiger charge is -2.59. The van der Waals surface area contributed by atoms with Gasteiger partial charge >= 0.3 is 0 Å².